The van der Waals surface area contributed by atoms with E-state index in [1.807, 2.05) is 24.3 Å². The summed E-state index contributed by atoms with van der Waals surface area (Å²) in [5.74, 6) is 0.607. The first-order chi connectivity index (χ1) is 11.2. The van der Waals surface area contributed by atoms with Gasteiger partial charge in [0.1, 0.15) is 0 Å². The summed E-state index contributed by atoms with van der Waals surface area (Å²) >= 11 is 5.91. The molecule has 5 rings (SSSR count). The van der Waals surface area contributed by atoms with Crippen molar-refractivity contribution < 1.29 is 4.79 Å². The molecule has 5 nitrogen and oxygen atoms in total. The van der Waals surface area contributed by atoms with Crippen molar-refractivity contribution in [1.29, 1.82) is 0 Å². The van der Waals surface area contributed by atoms with Gasteiger partial charge in [0, 0.05) is 29.4 Å². The molecule has 6 heteroatoms. The summed E-state index contributed by atoms with van der Waals surface area (Å²) < 4.78 is 1.39. The van der Waals surface area contributed by atoms with Crippen molar-refractivity contribution in [1.82, 2.24) is 20.0 Å². The molecule has 1 aromatic carbocycles. The Bertz CT molecular complexity index is 704. The van der Waals surface area contributed by atoms with Crippen LogP contribution in [0.2, 0.25) is 5.02 Å². The van der Waals surface area contributed by atoms with Crippen LogP contribution >= 0.6 is 11.6 Å². The van der Waals surface area contributed by atoms with E-state index in [0.29, 0.717) is 10.9 Å². The SMILES string of the molecule is O=C(N[C@H]1CN2CCC1CC2)n1cc(-c2ccc(Cl)cc2)cn1. The van der Waals surface area contributed by atoms with Gasteiger partial charge in [0.05, 0.1) is 6.20 Å². The lowest BCUT2D eigenvalue weighted by molar-refractivity contribution is 0.0765. The molecule has 1 amide bonds. The third-order valence-electron chi connectivity index (χ3n) is 4.93. The Labute approximate surface area is 140 Å². The number of halogens is 1. The van der Waals surface area contributed by atoms with Crippen LogP contribution in [0.3, 0.4) is 0 Å². The molecule has 3 saturated heterocycles. The minimum atomic E-state index is -0.149. The number of hydrogen-bond acceptors (Lipinski definition) is 3. The molecule has 1 atom stereocenters. The first-order valence-corrected chi connectivity index (χ1v) is 8.41. The van der Waals surface area contributed by atoms with E-state index in [0.717, 1.165) is 17.7 Å². The third-order valence-corrected chi connectivity index (χ3v) is 5.19. The van der Waals surface area contributed by atoms with Crippen LogP contribution < -0.4 is 5.32 Å². The molecule has 0 radical (unpaired) electrons. The van der Waals surface area contributed by atoms with Crippen molar-refractivity contribution >= 4 is 17.6 Å². The largest absolute Gasteiger partial charge is 0.342 e. The van der Waals surface area contributed by atoms with Crippen molar-refractivity contribution in [2.24, 2.45) is 5.92 Å². The highest BCUT2D eigenvalue weighted by molar-refractivity contribution is 6.30. The number of benzene rings is 1. The molecule has 2 aromatic rings. The Morgan fingerprint density at radius 1 is 1.17 bits per heavy atom. The van der Waals surface area contributed by atoms with Crippen molar-refractivity contribution in [3.8, 4) is 11.1 Å². The molecule has 0 aliphatic carbocycles. The van der Waals surface area contributed by atoms with E-state index in [-0.39, 0.29) is 12.1 Å². The molecule has 3 fully saturated rings. The zero-order valence-corrected chi connectivity index (χ0v) is 13.5. The Morgan fingerprint density at radius 2 is 1.91 bits per heavy atom. The van der Waals surface area contributed by atoms with Crippen LogP contribution in [-0.2, 0) is 0 Å². The van der Waals surface area contributed by atoms with Crippen LogP contribution in [0.1, 0.15) is 12.8 Å². The first kappa shape index (κ1) is 14.7. The summed E-state index contributed by atoms with van der Waals surface area (Å²) in [4.78, 5) is 14.9. The van der Waals surface area contributed by atoms with E-state index in [1.165, 1.54) is 30.6 Å². The van der Waals surface area contributed by atoms with Gasteiger partial charge in [0.15, 0.2) is 0 Å². The predicted molar refractivity (Wildman–Crippen MR) is 89.6 cm³/mol. The summed E-state index contributed by atoms with van der Waals surface area (Å²) in [6, 6.07) is 7.62. The van der Waals surface area contributed by atoms with Crippen LogP contribution in [0.4, 0.5) is 4.79 Å². The average Bonchev–Trinajstić information content (AvgIpc) is 3.07. The maximum atomic E-state index is 12.4. The van der Waals surface area contributed by atoms with Crippen molar-refractivity contribution in [3.05, 3.63) is 41.7 Å². The number of amides is 1. The third kappa shape index (κ3) is 2.99. The molecule has 0 saturated carbocycles. The first-order valence-electron chi connectivity index (χ1n) is 8.03. The van der Waals surface area contributed by atoms with E-state index in [2.05, 4.69) is 15.3 Å². The minimum Gasteiger partial charge on any atom is -0.332 e. The molecule has 23 heavy (non-hydrogen) atoms. The fraction of sp³-hybridized carbons (Fsp3) is 0.412. The smallest absolute Gasteiger partial charge is 0.332 e. The zero-order valence-electron chi connectivity index (χ0n) is 12.8. The molecule has 1 aromatic heterocycles. The van der Waals surface area contributed by atoms with Crippen LogP contribution in [0.5, 0.6) is 0 Å². The molecular formula is C17H19ClN4O. The van der Waals surface area contributed by atoms with Gasteiger partial charge in [-0.05, 0) is 49.5 Å². The van der Waals surface area contributed by atoms with Gasteiger partial charge in [-0.3, -0.25) is 0 Å². The predicted octanol–water partition coefficient (Wildman–Crippen LogP) is 2.86. The number of carbonyl (C=O) groups excluding carboxylic acids is 1. The molecule has 3 aliphatic rings. The molecule has 0 spiro atoms. The molecule has 1 N–H and O–H groups in total. The molecule has 4 heterocycles. The summed E-state index contributed by atoms with van der Waals surface area (Å²) in [7, 11) is 0. The number of fused-ring (bicyclic) bond motifs is 3. The Morgan fingerprint density at radius 3 is 2.57 bits per heavy atom. The van der Waals surface area contributed by atoms with Crippen LogP contribution in [0.25, 0.3) is 11.1 Å². The van der Waals surface area contributed by atoms with E-state index >= 15 is 0 Å². The fourth-order valence-electron chi connectivity index (χ4n) is 3.58. The topological polar surface area (TPSA) is 50.2 Å². The fourth-order valence-corrected chi connectivity index (χ4v) is 3.70. The van der Waals surface area contributed by atoms with Gasteiger partial charge in [-0.1, -0.05) is 23.7 Å². The van der Waals surface area contributed by atoms with E-state index in [4.69, 9.17) is 11.6 Å². The van der Waals surface area contributed by atoms with Gasteiger partial charge in [-0.15, -0.1) is 0 Å². The monoisotopic (exact) mass is 330 g/mol. The van der Waals surface area contributed by atoms with Gasteiger partial charge in [0.25, 0.3) is 0 Å². The molecule has 0 unspecified atom stereocenters. The summed E-state index contributed by atoms with van der Waals surface area (Å²) in [6.07, 6.45) is 5.83. The maximum absolute atomic E-state index is 12.4. The second-order valence-electron chi connectivity index (χ2n) is 6.37. The Kier molecular flexibility index (Phi) is 3.83. The quantitative estimate of drug-likeness (QED) is 0.921. The molecule has 2 bridgehead atoms. The van der Waals surface area contributed by atoms with Crippen LogP contribution in [0, 0.1) is 5.92 Å². The maximum Gasteiger partial charge on any atom is 0.342 e. The normalized spacial score (nSPS) is 26.2. The zero-order chi connectivity index (χ0) is 15.8. The van der Waals surface area contributed by atoms with Gasteiger partial charge in [0.2, 0.25) is 0 Å². The average molecular weight is 331 g/mol. The molecule has 3 aliphatic heterocycles. The molecular weight excluding hydrogens is 312 g/mol. The van der Waals surface area contributed by atoms with Crippen LogP contribution in [-0.4, -0.2) is 46.4 Å². The lowest BCUT2D eigenvalue weighted by atomic mass is 9.84. The number of nitrogens with one attached hydrogen (secondary N) is 1. The van der Waals surface area contributed by atoms with E-state index in [1.54, 1.807) is 12.4 Å². The standard InChI is InChI=1S/C17H19ClN4O/c18-15-3-1-12(2-4-15)14-9-19-22(10-14)17(23)20-16-11-21-7-5-13(16)6-8-21/h1-4,9-10,13,16H,5-8,11H2,(H,20,23)/t16-/m0/s1. The number of hydrogen-bond donors (Lipinski definition) is 1. The summed E-state index contributed by atoms with van der Waals surface area (Å²) in [5.41, 5.74) is 1.90. The number of carbonyl (C=O) groups is 1. The van der Waals surface area contributed by atoms with Gasteiger partial charge >= 0.3 is 6.03 Å². The highest BCUT2D eigenvalue weighted by Gasteiger charge is 2.35. The van der Waals surface area contributed by atoms with Crippen LogP contribution in [0.15, 0.2) is 36.7 Å². The van der Waals surface area contributed by atoms with Crippen molar-refractivity contribution in [3.63, 3.8) is 0 Å². The lowest BCUT2D eigenvalue weighted by Gasteiger charge is -2.44. The van der Waals surface area contributed by atoms with Gasteiger partial charge < -0.3 is 10.2 Å². The second kappa shape index (κ2) is 5.98. The van der Waals surface area contributed by atoms with Crippen molar-refractivity contribution in [2.75, 3.05) is 19.6 Å². The number of rotatable bonds is 2. The van der Waals surface area contributed by atoms with Gasteiger partial charge in [-0.2, -0.15) is 9.78 Å². The van der Waals surface area contributed by atoms with E-state index in [9.17, 15) is 4.79 Å². The summed E-state index contributed by atoms with van der Waals surface area (Å²) in [5, 5.41) is 8.04. The Balaban J connectivity index is 1.46. The Hall–Kier alpha value is -1.85. The highest BCUT2D eigenvalue weighted by Crippen LogP contribution is 2.27. The van der Waals surface area contributed by atoms with Crippen molar-refractivity contribution in [2.45, 2.75) is 18.9 Å². The minimum absolute atomic E-state index is 0.149. The van der Waals surface area contributed by atoms with E-state index < -0.39 is 0 Å². The highest BCUT2D eigenvalue weighted by atomic mass is 35.5. The number of nitrogens with zero attached hydrogens (tertiary/aromatic N) is 3. The number of piperidine rings is 3. The molecule has 120 valence electrons. The lowest BCUT2D eigenvalue weighted by Crippen LogP contribution is -2.57. The number of aromatic nitrogens is 2. The van der Waals surface area contributed by atoms with Gasteiger partial charge in [-0.25, -0.2) is 4.79 Å². The summed E-state index contributed by atoms with van der Waals surface area (Å²) in [6.45, 7) is 3.29. The second-order valence-corrected chi connectivity index (χ2v) is 6.81.